The highest BCUT2D eigenvalue weighted by Crippen LogP contribution is 2.14. The van der Waals surface area contributed by atoms with Crippen LogP contribution in [0.4, 0.5) is 0 Å². The van der Waals surface area contributed by atoms with E-state index in [-0.39, 0.29) is 0 Å². The molecule has 0 radical (unpaired) electrons. The molecule has 15 heavy (non-hydrogen) atoms. The molecule has 3 heteroatoms. The van der Waals surface area contributed by atoms with Gasteiger partial charge in [-0.3, -0.25) is 4.90 Å². The summed E-state index contributed by atoms with van der Waals surface area (Å²) in [6.07, 6.45) is 2.58. The first kappa shape index (κ1) is 12.7. The van der Waals surface area contributed by atoms with Crippen LogP contribution in [0.1, 0.15) is 12.8 Å². The molecule has 0 aromatic heterocycles. The number of likely N-dealkylation sites (tertiary alicyclic amines) is 1. The van der Waals surface area contributed by atoms with Crippen molar-refractivity contribution in [1.29, 1.82) is 0 Å². The lowest BCUT2D eigenvalue weighted by Crippen LogP contribution is -2.42. The second kappa shape index (κ2) is 6.26. The van der Waals surface area contributed by atoms with Gasteiger partial charge in [0.15, 0.2) is 0 Å². The number of likely N-dealkylation sites (N-methyl/N-ethyl adjacent to an activating group) is 1. The van der Waals surface area contributed by atoms with Gasteiger partial charge in [0.2, 0.25) is 0 Å². The topological polar surface area (TPSA) is 18.5 Å². The van der Waals surface area contributed by atoms with Gasteiger partial charge in [0.1, 0.15) is 0 Å². The molecule has 3 nitrogen and oxygen atoms in total. The first-order valence-corrected chi connectivity index (χ1v) is 5.83. The van der Waals surface area contributed by atoms with Crippen LogP contribution in [0.5, 0.6) is 0 Å². The van der Waals surface area contributed by atoms with Crippen LogP contribution < -0.4 is 5.32 Å². The first-order chi connectivity index (χ1) is 7.13. The summed E-state index contributed by atoms with van der Waals surface area (Å²) in [5, 5.41) is 3.15. The van der Waals surface area contributed by atoms with Gasteiger partial charge in [0.25, 0.3) is 0 Å². The predicted octanol–water partition coefficient (Wildman–Crippen LogP) is 0.788. The predicted molar refractivity (Wildman–Crippen MR) is 66.2 cm³/mol. The molecule has 1 aliphatic heterocycles. The van der Waals surface area contributed by atoms with Crippen LogP contribution in [0.2, 0.25) is 0 Å². The molecule has 0 unspecified atom stereocenters. The van der Waals surface area contributed by atoms with Crippen molar-refractivity contribution in [3.63, 3.8) is 0 Å². The Balaban J connectivity index is 2.22. The number of nitrogens with one attached hydrogen (secondary N) is 1. The van der Waals surface area contributed by atoms with E-state index in [1.165, 1.54) is 31.5 Å². The zero-order chi connectivity index (χ0) is 11.3. The van der Waals surface area contributed by atoms with Gasteiger partial charge in [-0.05, 0) is 52.6 Å². The Morgan fingerprint density at radius 2 is 2.00 bits per heavy atom. The molecule has 0 spiro atoms. The monoisotopic (exact) mass is 211 g/mol. The van der Waals surface area contributed by atoms with E-state index >= 15 is 0 Å². The highest BCUT2D eigenvalue weighted by atomic mass is 15.2. The van der Waals surface area contributed by atoms with Crippen LogP contribution in [-0.2, 0) is 0 Å². The van der Waals surface area contributed by atoms with Crippen molar-refractivity contribution < 1.29 is 0 Å². The number of hydrogen-bond donors (Lipinski definition) is 1. The summed E-state index contributed by atoms with van der Waals surface area (Å²) >= 11 is 0. The average molecular weight is 211 g/mol. The minimum Gasteiger partial charge on any atom is -0.316 e. The number of rotatable bonds is 5. The summed E-state index contributed by atoms with van der Waals surface area (Å²) in [5.74, 6) is 0. The van der Waals surface area contributed by atoms with E-state index in [0.29, 0.717) is 0 Å². The molecule has 1 saturated heterocycles. The van der Waals surface area contributed by atoms with E-state index in [4.69, 9.17) is 0 Å². The zero-order valence-electron chi connectivity index (χ0n) is 10.4. The quantitative estimate of drug-likeness (QED) is 0.678. The Morgan fingerprint density at radius 3 is 2.47 bits per heavy atom. The van der Waals surface area contributed by atoms with Crippen molar-refractivity contribution >= 4 is 0 Å². The van der Waals surface area contributed by atoms with E-state index in [1.807, 2.05) is 7.05 Å². The Morgan fingerprint density at radius 1 is 1.40 bits per heavy atom. The molecule has 0 aromatic carbocycles. The second-order valence-electron chi connectivity index (χ2n) is 4.75. The van der Waals surface area contributed by atoms with E-state index in [2.05, 4.69) is 35.8 Å². The highest BCUT2D eigenvalue weighted by Gasteiger charge is 2.20. The summed E-state index contributed by atoms with van der Waals surface area (Å²) in [6.45, 7) is 8.50. The van der Waals surface area contributed by atoms with Crippen molar-refractivity contribution in [2.45, 2.75) is 18.9 Å². The van der Waals surface area contributed by atoms with E-state index < -0.39 is 0 Å². The van der Waals surface area contributed by atoms with Crippen molar-refractivity contribution in [2.24, 2.45) is 0 Å². The van der Waals surface area contributed by atoms with Crippen LogP contribution in [0.25, 0.3) is 0 Å². The Hall–Kier alpha value is -0.380. The lowest BCUT2D eigenvalue weighted by Gasteiger charge is -2.35. The third-order valence-corrected chi connectivity index (χ3v) is 3.16. The van der Waals surface area contributed by atoms with Gasteiger partial charge in [-0.1, -0.05) is 6.58 Å². The number of hydrogen-bond acceptors (Lipinski definition) is 3. The first-order valence-electron chi connectivity index (χ1n) is 5.83. The lowest BCUT2D eigenvalue weighted by molar-refractivity contribution is 0.152. The maximum Gasteiger partial charge on any atom is 0.0202 e. The van der Waals surface area contributed by atoms with Gasteiger partial charge >= 0.3 is 0 Å². The van der Waals surface area contributed by atoms with Crippen LogP contribution >= 0.6 is 0 Å². The Bertz CT molecular complexity index is 193. The van der Waals surface area contributed by atoms with Crippen LogP contribution in [0, 0.1) is 0 Å². The van der Waals surface area contributed by atoms with Gasteiger partial charge in [0, 0.05) is 19.1 Å². The molecule has 1 rings (SSSR count). The molecular weight excluding hydrogens is 186 g/mol. The summed E-state index contributed by atoms with van der Waals surface area (Å²) in [6, 6.07) is 0.777. The van der Waals surface area contributed by atoms with Crippen molar-refractivity contribution in [2.75, 3.05) is 47.3 Å². The van der Waals surface area contributed by atoms with Crippen molar-refractivity contribution in [3.8, 4) is 0 Å². The summed E-state index contributed by atoms with van der Waals surface area (Å²) in [4.78, 5) is 4.86. The fourth-order valence-corrected chi connectivity index (χ4v) is 2.22. The van der Waals surface area contributed by atoms with E-state index in [0.717, 1.165) is 19.1 Å². The fraction of sp³-hybridized carbons (Fsp3) is 0.833. The largest absolute Gasteiger partial charge is 0.316 e. The van der Waals surface area contributed by atoms with Gasteiger partial charge in [-0.2, -0.15) is 0 Å². The van der Waals surface area contributed by atoms with Crippen LogP contribution in [0.15, 0.2) is 12.2 Å². The summed E-state index contributed by atoms with van der Waals surface area (Å²) in [7, 11) is 6.34. The van der Waals surface area contributed by atoms with Crippen LogP contribution in [-0.4, -0.2) is 63.2 Å². The van der Waals surface area contributed by atoms with E-state index in [1.54, 1.807) is 0 Å². The normalized spacial score (nSPS) is 19.7. The van der Waals surface area contributed by atoms with Crippen molar-refractivity contribution in [3.05, 3.63) is 12.2 Å². The Labute approximate surface area is 94.1 Å². The standard InChI is InChI=1S/C12H25N3/c1-11(9-13-2)10-15-7-5-12(6-8-15)14(3)4/h12-13H,1,5-10H2,2-4H3. The molecule has 1 heterocycles. The van der Waals surface area contributed by atoms with Gasteiger partial charge in [-0.15, -0.1) is 0 Å². The maximum atomic E-state index is 4.08. The molecule has 0 atom stereocenters. The molecule has 0 amide bonds. The average Bonchev–Trinajstić information content (AvgIpc) is 2.18. The lowest BCUT2D eigenvalue weighted by atomic mass is 10.0. The Kier molecular flexibility index (Phi) is 5.29. The fourth-order valence-electron chi connectivity index (χ4n) is 2.22. The van der Waals surface area contributed by atoms with Gasteiger partial charge < -0.3 is 10.2 Å². The molecule has 88 valence electrons. The molecular formula is C12H25N3. The number of nitrogens with zero attached hydrogens (tertiary/aromatic N) is 2. The smallest absolute Gasteiger partial charge is 0.0202 e. The van der Waals surface area contributed by atoms with Crippen LogP contribution in [0.3, 0.4) is 0 Å². The molecule has 0 bridgehead atoms. The zero-order valence-corrected chi connectivity index (χ0v) is 10.4. The third kappa shape index (κ3) is 4.33. The molecule has 1 aliphatic rings. The summed E-state index contributed by atoms with van der Waals surface area (Å²) < 4.78 is 0. The van der Waals surface area contributed by atoms with E-state index in [9.17, 15) is 0 Å². The van der Waals surface area contributed by atoms with Gasteiger partial charge in [0.05, 0.1) is 0 Å². The molecule has 0 aromatic rings. The molecule has 1 fully saturated rings. The molecule has 0 saturated carbocycles. The second-order valence-corrected chi connectivity index (χ2v) is 4.75. The minimum absolute atomic E-state index is 0.777. The SMILES string of the molecule is C=C(CNC)CN1CCC(N(C)C)CC1. The van der Waals surface area contributed by atoms with Crippen molar-refractivity contribution in [1.82, 2.24) is 15.1 Å². The molecule has 0 aliphatic carbocycles. The van der Waals surface area contributed by atoms with Gasteiger partial charge in [-0.25, -0.2) is 0 Å². The third-order valence-electron chi connectivity index (χ3n) is 3.16. The maximum absolute atomic E-state index is 4.08. The minimum atomic E-state index is 0.777. The summed E-state index contributed by atoms with van der Waals surface area (Å²) in [5.41, 5.74) is 1.29. The highest BCUT2D eigenvalue weighted by molar-refractivity contribution is 5.00. The molecule has 1 N–H and O–H groups in total. The number of piperidine rings is 1.